The quantitative estimate of drug-likeness (QED) is 0.421. The average Bonchev–Trinajstić information content (AvgIpc) is 2.45. The largest absolute Gasteiger partial charge is 0.394 e. The Morgan fingerprint density at radius 3 is 1.89 bits per heavy atom. The molecule has 0 aliphatic carbocycles. The van der Waals surface area contributed by atoms with Crippen molar-refractivity contribution >= 4 is 6.29 Å². The van der Waals surface area contributed by atoms with Gasteiger partial charge in [-0.3, -0.25) is 0 Å². The van der Waals surface area contributed by atoms with Crippen LogP contribution in [-0.4, -0.2) is 62.8 Å². The zero-order valence-corrected chi connectivity index (χ0v) is 10.6. The van der Waals surface area contributed by atoms with E-state index < -0.39 is 31.0 Å². The molecule has 6 heteroatoms. The van der Waals surface area contributed by atoms with Crippen LogP contribution in [0.25, 0.3) is 0 Å². The number of aldehydes is 1. The highest BCUT2D eigenvalue weighted by molar-refractivity contribution is 5.56. The highest BCUT2D eigenvalue weighted by Gasteiger charge is 2.29. The number of benzene rings is 1. The Bertz CT molecular complexity index is 342. The van der Waals surface area contributed by atoms with E-state index in [0.29, 0.717) is 0 Å². The van der Waals surface area contributed by atoms with Gasteiger partial charge in [-0.2, -0.15) is 0 Å². The van der Waals surface area contributed by atoms with Crippen molar-refractivity contribution in [1.29, 1.82) is 0 Å². The molecular weight excluding hydrogens is 252 g/mol. The number of carbonyl (C=O) groups is 1. The first kappa shape index (κ1) is 17.7. The second-order valence-corrected chi connectivity index (χ2v) is 4.01. The molecule has 6 nitrogen and oxygen atoms in total. The van der Waals surface area contributed by atoms with E-state index in [4.69, 9.17) is 25.5 Å². The zero-order valence-electron chi connectivity index (χ0n) is 10.6. The van der Waals surface area contributed by atoms with Crippen LogP contribution in [0.4, 0.5) is 0 Å². The predicted octanol–water partition coefficient (Wildman–Crippen LogP) is -1.38. The van der Waals surface area contributed by atoms with Gasteiger partial charge in [-0.15, -0.1) is 0 Å². The molecule has 0 aromatic heterocycles. The summed E-state index contributed by atoms with van der Waals surface area (Å²) in [5.41, 5.74) is 1.32. The molecule has 0 aliphatic rings. The molecule has 0 bridgehead atoms. The number of aryl methyl sites for hydroxylation is 1. The summed E-state index contributed by atoms with van der Waals surface area (Å²) >= 11 is 0. The van der Waals surface area contributed by atoms with Crippen LogP contribution >= 0.6 is 0 Å². The summed E-state index contributed by atoms with van der Waals surface area (Å²) in [6.45, 7) is 1.32. The number of aliphatic hydroxyl groups is 5. The van der Waals surface area contributed by atoms with Crippen LogP contribution in [0.3, 0.4) is 0 Å². The van der Waals surface area contributed by atoms with Crippen LogP contribution in [-0.2, 0) is 4.79 Å². The minimum Gasteiger partial charge on any atom is -0.394 e. The molecule has 4 atom stereocenters. The van der Waals surface area contributed by atoms with Crippen molar-refractivity contribution in [3.63, 3.8) is 0 Å². The monoisotopic (exact) mass is 272 g/mol. The van der Waals surface area contributed by atoms with Crippen LogP contribution in [0.2, 0.25) is 0 Å². The van der Waals surface area contributed by atoms with E-state index in [1.54, 1.807) is 0 Å². The number of hydrogen-bond donors (Lipinski definition) is 5. The summed E-state index contributed by atoms with van der Waals surface area (Å²) < 4.78 is 0. The fourth-order valence-corrected chi connectivity index (χ4v) is 1.15. The van der Waals surface area contributed by atoms with E-state index in [1.807, 2.05) is 18.2 Å². The number of aliphatic hydroxyl groups excluding tert-OH is 5. The average molecular weight is 272 g/mol. The lowest BCUT2D eigenvalue weighted by atomic mass is 10.0. The maximum atomic E-state index is 9.90. The summed E-state index contributed by atoms with van der Waals surface area (Å²) in [6.07, 6.45) is -6.84. The summed E-state index contributed by atoms with van der Waals surface area (Å²) in [5.74, 6) is 0. The third kappa shape index (κ3) is 7.00. The summed E-state index contributed by atoms with van der Waals surface area (Å²) in [7, 11) is 0. The van der Waals surface area contributed by atoms with Crippen molar-refractivity contribution in [3.05, 3.63) is 35.9 Å². The van der Waals surface area contributed by atoms with E-state index in [1.165, 1.54) is 5.56 Å². The third-order valence-electron chi connectivity index (χ3n) is 2.36. The van der Waals surface area contributed by atoms with Gasteiger partial charge < -0.3 is 30.3 Å². The first-order valence-corrected chi connectivity index (χ1v) is 5.74. The molecule has 5 N–H and O–H groups in total. The van der Waals surface area contributed by atoms with Gasteiger partial charge in [-0.1, -0.05) is 35.9 Å². The van der Waals surface area contributed by atoms with Crippen molar-refractivity contribution in [1.82, 2.24) is 0 Å². The number of hydrogen-bond acceptors (Lipinski definition) is 6. The number of carbonyl (C=O) groups excluding carboxylic acids is 1. The predicted molar refractivity (Wildman–Crippen MR) is 68.4 cm³/mol. The maximum absolute atomic E-state index is 9.90. The Hall–Kier alpha value is -1.31. The Labute approximate surface area is 111 Å². The van der Waals surface area contributed by atoms with Gasteiger partial charge in [0.05, 0.1) is 6.61 Å². The van der Waals surface area contributed by atoms with Crippen molar-refractivity contribution in [2.75, 3.05) is 6.61 Å². The molecule has 0 heterocycles. The SMILES string of the molecule is Cc1ccccc1.O=CC(O)C(O)C(O)C(O)CO. The zero-order chi connectivity index (χ0) is 14.8. The van der Waals surface area contributed by atoms with E-state index in [-0.39, 0.29) is 6.29 Å². The van der Waals surface area contributed by atoms with Crippen LogP contribution in [0.5, 0.6) is 0 Å². The summed E-state index contributed by atoms with van der Waals surface area (Å²) in [4.78, 5) is 9.90. The van der Waals surface area contributed by atoms with E-state index in [9.17, 15) is 4.79 Å². The molecule has 4 unspecified atom stereocenters. The highest BCUT2D eigenvalue weighted by atomic mass is 16.4. The molecule has 108 valence electrons. The van der Waals surface area contributed by atoms with Gasteiger partial charge in [0.15, 0.2) is 6.29 Å². The normalized spacial score (nSPS) is 16.5. The van der Waals surface area contributed by atoms with Crippen LogP contribution < -0.4 is 0 Å². The molecule has 1 rings (SSSR count). The lowest BCUT2D eigenvalue weighted by Crippen LogP contribution is -2.46. The third-order valence-corrected chi connectivity index (χ3v) is 2.36. The minimum atomic E-state index is -1.79. The minimum absolute atomic E-state index is 0.0258. The standard InChI is InChI=1S/C7H8.C6H12O6/c1-7-5-3-2-4-6-7;7-1-3(9)5(11)6(12)4(10)2-8/h2-6H,1H3;1,3-6,8-12H,2H2. The van der Waals surface area contributed by atoms with Gasteiger partial charge in [0.1, 0.15) is 24.4 Å². The second kappa shape index (κ2) is 9.60. The van der Waals surface area contributed by atoms with Gasteiger partial charge in [-0.05, 0) is 6.92 Å². The van der Waals surface area contributed by atoms with Crippen LogP contribution in [0.1, 0.15) is 5.56 Å². The van der Waals surface area contributed by atoms with Gasteiger partial charge >= 0.3 is 0 Å². The molecule has 1 aromatic carbocycles. The second-order valence-electron chi connectivity index (χ2n) is 4.01. The van der Waals surface area contributed by atoms with Crippen LogP contribution in [0.15, 0.2) is 30.3 Å². The van der Waals surface area contributed by atoms with E-state index >= 15 is 0 Å². The molecule has 0 saturated heterocycles. The van der Waals surface area contributed by atoms with Crippen molar-refractivity contribution in [2.45, 2.75) is 31.3 Å². The smallest absolute Gasteiger partial charge is 0.151 e. The van der Waals surface area contributed by atoms with E-state index in [0.717, 1.165) is 0 Å². The van der Waals surface area contributed by atoms with Gasteiger partial charge in [0.2, 0.25) is 0 Å². The first-order valence-electron chi connectivity index (χ1n) is 5.74. The number of rotatable bonds is 5. The summed E-state index contributed by atoms with van der Waals surface area (Å²) in [6, 6.07) is 10.3. The fraction of sp³-hybridized carbons (Fsp3) is 0.462. The van der Waals surface area contributed by atoms with Crippen molar-refractivity contribution in [3.8, 4) is 0 Å². The Balaban J connectivity index is 0.000000388. The maximum Gasteiger partial charge on any atom is 0.151 e. The molecule has 0 saturated carbocycles. The molecular formula is C13H20O6. The van der Waals surface area contributed by atoms with Gasteiger partial charge in [0.25, 0.3) is 0 Å². The first-order chi connectivity index (χ1) is 8.93. The van der Waals surface area contributed by atoms with Crippen LogP contribution in [0, 0.1) is 6.92 Å². The molecule has 0 radical (unpaired) electrons. The van der Waals surface area contributed by atoms with Crippen molar-refractivity contribution < 1.29 is 30.3 Å². The van der Waals surface area contributed by atoms with Gasteiger partial charge in [-0.25, -0.2) is 0 Å². The lowest BCUT2D eigenvalue weighted by Gasteiger charge is -2.22. The summed E-state index contributed by atoms with van der Waals surface area (Å²) in [5, 5.41) is 43.5. The highest BCUT2D eigenvalue weighted by Crippen LogP contribution is 2.02. The Morgan fingerprint density at radius 1 is 1.05 bits per heavy atom. The Morgan fingerprint density at radius 2 is 1.58 bits per heavy atom. The topological polar surface area (TPSA) is 118 Å². The molecule has 0 aliphatic heterocycles. The fourth-order valence-electron chi connectivity index (χ4n) is 1.15. The Kier molecular flexibility index (Phi) is 8.94. The lowest BCUT2D eigenvalue weighted by molar-refractivity contribution is -0.136. The van der Waals surface area contributed by atoms with Crippen molar-refractivity contribution in [2.24, 2.45) is 0 Å². The molecule has 0 amide bonds. The molecule has 0 spiro atoms. The molecule has 19 heavy (non-hydrogen) atoms. The molecule has 1 aromatic rings. The molecule has 0 fully saturated rings. The van der Waals surface area contributed by atoms with Gasteiger partial charge in [0, 0.05) is 0 Å². The van der Waals surface area contributed by atoms with E-state index in [2.05, 4.69) is 19.1 Å².